The number of carbonyl (C=O) groups is 1. The number of rotatable bonds is 6. The second-order valence-corrected chi connectivity index (χ2v) is 4.35. The number of imidazole rings is 1. The van der Waals surface area contributed by atoms with Crippen LogP contribution in [0, 0.1) is 0 Å². The summed E-state index contributed by atoms with van der Waals surface area (Å²) in [4.78, 5) is 15.7. The maximum atomic E-state index is 11.7. The molecule has 0 unspecified atom stereocenters. The van der Waals surface area contributed by atoms with Gasteiger partial charge in [0.25, 0.3) is 0 Å². The van der Waals surface area contributed by atoms with Gasteiger partial charge in [0.2, 0.25) is 5.91 Å². The molecule has 2 rings (SSSR count). The van der Waals surface area contributed by atoms with E-state index in [2.05, 4.69) is 10.3 Å². The summed E-state index contributed by atoms with van der Waals surface area (Å²) in [6.07, 6.45) is 5.73. The van der Waals surface area contributed by atoms with Crippen LogP contribution in [0.25, 0.3) is 0 Å². The Kier molecular flexibility index (Phi) is 4.69. The van der Waals surface area contributed by atoms with Crippen LogP contribution >= 0.6 is 0 Å². The van der Waals surface area contributed by atoms with Crippen molar-refractivity contribution in [1.82, 2.24) is 14.9 Å². The molecule has 0 saturated heterocycles. The highest BCUT2D eigenvalue weighted by molar-refractivity contribution is 5.78. The largest absolute Gasteiger partial charge is 0.354 e. The lowest BCUT2D eigenvalue weighted by atomic mass is 10.1. The van der Waals surface area contributed by atoms with E-state index in [0.29, 0.717) is 19.5 Å². The second-order valence-electron chi connectivity index (χ2n) is 4.35. The normalized spacial score (nSPS) is 10.4. The topological polar surface area (TPSA) is 72.9 Å². The van der Waals surface area contributed by atoms with E-state index in [-0.39, 0.29) is 5.91 Å². The van der Waals surface area contributed by atoms with E-state index in [1.165, 1.54) is 0 Å². The van der Waals surface area contributed by atoms with Gasteiger partial charge >= 0.3 is 0 Å². The Hall–Kier alpha value is -2.14. The van der Waals surface area contributed by atoms with Crippen LogP contribution in [0.1, 0.15) is 11.1 Å². The molecule has 0 aliphatic carbocycles. The third-order valence-corrected chi connectivity index (χ3v) is 2.87. The van der Waals surface area contributed by atoms with Crippen molar-refractivity contribution in [2.75, 3.05) is 6.54 Å². The number of nitrogens with zero attached hydrogens (tertiary/aromatic N) is 2. The number of hydrogen-bond donors (Lipinski definition) is 2. The molecule has 0 aliphatic rings. The maximum Gasteiger partial charge on any atom is 0.224 e. The van der Waals surface area contributed by atoms with Crippen molar-refractivity contribution in [2.45, 2.75) is 19.5 Å². The maximum absolute atomic E-state index is 11.7. The van der Waals surface area contributed by atoms with Crippen LogP contribution in [0.4, 0.5) is 0 Å². The van der Waals surface area contributed by atoms with Crippen molar-refractivity contribution < 1.29 is 4.79 Å². The highest BCUT2D eigenvalue weighted by atomic mass is 16.1. The molecular weight excluding hydrogens is 240 g/mol. The summed E-state index contributed by atoms with van der Waals surface area (Å²) in [5.41, 5.74) is 7.60. The van der Waals surface area contributed by atoms with E-state index in [4.69, 9.17) is 5.73 Å². The van der Waals surface area contributed by atoms with E-state index in [1.807, 2.05) is 35.0 Å². The summed E-state index contributed by atoms with van der Waals surface area (Å²) in [6.45, 7) is 1.87. The third-order valence-electron chi connectivity index (χ3n) is 2.87. The molecule has 5 nitrogen and oxygen atoms in total. The minimum atomic E-state index is 0.0283. The molecule has 0 saturated carbocycles. The Morgan fingerprint density at radius 2 is 2.00 bits per heavy atom. The average Bonchev–Trinajstić information content (AvgIpc) is 2.93. The molecule has 2 aromatic rings. The summed E-state index contributed by atoms with van der Waals surface area (Å²) in [5.74, 6) is 0.0283. The molecule has 0 fully saturated rings. The number of benzene rings is 1. The Balaban J connectivity index is 1.74. The molecule has 0 radical (unpaired) electrons. The Bertz CT molecular complexity index is 505. The molecule has 1 heterocycles. The predicted molar refractivity (Wildman–Crippen MR) is 73.3 cm³/mol. The van der Waals surface area contributed by atoms with Crippen molar-refractivity contribution >= 4 is 5.91 Å². The fraction of sp³-hybridized carbons (Fsp3) is 0.286. The number of hydrogen-bond acceptors (Lipinski definition) is 3. The Morgan fingerprint density at radius 3 is 2.63 bits per heavy atom. The number of nitrogens with one attached hydrogen (secondary N) is 1. The third kappa shape index (κ3) is 4.22. The van der Waals surface area contributed by atoms with Gasteiger partial charge in [-0.25, -0.2) is 4.98 Å². The van der Waals surface area contributed by atoms with Crippen LogP contribution in [-0.2, 0) is 24.3 Å². The van der Waals surface area contributed by atoms with Crippen LogP contribution in [0.15, 0.2) is 43.0 Å². The van der Waals surface area contributed by atoms with Gasteiger partial charge in [-0.05, 0) is 11.1 Å². The Morgan fingerprint density at radius 1 is 1.26 bits per heavy atom. The molecule has 0 aliphatic heterocycles. The standard InChI is InChI=1S/C14H18N4O/c15-10-13-3-1-12(2-4-13)9-14(19)17-6-8-18-7-5-16-11-18/h1-5,7,11H,6,8-10,15H2,(H,17,19). The Labute approximate surface area is 112 Å². The van der Waals surface area contributed by atoms with E-state index in [1.54, 1.807) is 12.5 Å². The zero-order valence-electron chi connectivity index (χ0n) is 10.7. The molecule has 3 N–H and O–H groups in total. The van der Waals surface area contributed by atoms with Gasteiger partial charge in [-0.3, -0.25) is 4.79 Å². The summed E-state index contributed by atoms with van der Waals surface area (Å²) in [6, 6.07) is 7.79. The van der Waals surface area contributed by atoms with Gasteiger partial charge in [0, 0.05) is 32.0 Å². The van der Waals surface area contributed by atoms with Gasteiger partial charge < -0.3 is 15.6 Å². The van der Waals surface area contributed by atoms with Gasteiger partial charge in [0.05, 0.1) is 12.7 Å². The lowest BCUT2D eigenvalue weighted by Crippen LogP contribution is -2.28. The zero-order valence-corrected chi connectivity index (χ0v) is 10.7. The second kappa shape index (κ2) is 6.70. The molecule has 1 aromatic heterocycles. The molecule has 0 bridgehead atoms. The lowest BCUT2D eigenvalue weighted by molar-refractivity contribution is -0.120. The van der Waals surface area contributed by atoms with Crippen molar-refractivity contribution in [3.8, 4) is 0 Å². The SMILES string of the molecule is NCc1ccc(CC(=O)NCCn2ccnc2)cc1. The van der Waals surface area contributed by atoms with Gasteiger partial charge in [-0.1, -0.05) is 24.3 Å². The molecule has 1 aromatic carbocycles. The first-order chi connectivity index (χ1) is 9.28. The van der Waals surface area contributed by atoms with E-state index in [9.17, 15) is 4.79 Å². The number of amides is 1. The molecule has 0 spiro atoms. The fourth-order valence-corrected chi connectivity index (χ4v) is 1.78. The number of nitrogens with two attached hydrogens (primary N) is 1. The smallest absolute Gasteiger partial charge is 0.224 e. The van der Waals surface area contributed by atoms with Gasteiger partial charge in [-0.15, -0.1) is 0 Å². The van der Waals surface area contributed by atoms with Gasteiger partial charge in [0.15, 0.2) is 0 Å². The molecule has 5 heteroatoms. The summed E-state index contributed by atoms with van der Waals surface area (Å²) in [7, 11) is 0. The first kappa shape index (κ1) is 13.3. The van der Waals surface area contributed by atoms with Crippen LogP contribution in [0.3, 0.4) is 0 Å². The van der Waals surface area contributed by atoms with Gasteiger partial charge in [0.1, 0.15) is 0 Å². The van der Waals surface area contributed by atoms with Crippen molar-refractivity contribution in [1.29, 1.82) is 0 Å². The minimum absolute atomic E-state index is 0.0283. The first-order valence-corrected chi connectivity index (χ1v) is 6.28. The van der Waals surface area contributed by atoms with E-state index < -0.39 is 0 Å². The average molecular weight is 258 g/mol. The summed E-state index contributed by atoms with van der Waals surface area (Å²) >= 11 is 0. The van der Waals surface area contributed by atoms with E-state index >= 15 is 0 Å². The highest BCUT2D eigenvalue weighted by Gasteiger charge is 2.02. The molecule has 1 amide bonds. The highest BCUT2D eigenvalue weighted by Crippen LogP contribution is 2.04. The zero-order chi connectivity index (χ0) is 13.5. The minimum Gasteiger partial charge on any atom is -0.354 e. The lowest BCUT2D eigenvalue weighted by Gasteiger charge is -2.06. The molecule has 0 atom stereocenters. The van der Waals surface area contributed by atoms with Crippen LogP contribution in [0.2, 0.25) is 0 Å². The molecular formula is C14H18N4O. The van der Waals surface area contributed by atoms with Crippen molar-refractivity contribution in [2.24, 2.45) is 5.73 Å². The number of aromatic nitrogens is 2. The quantitative estimate of drug-likeness (QED) is 0.801. The van der Waals surface area contributed by atoms with Crippen molar-refractivity contribution in [3.05, 3.63) is 54.1 Å². The van der Waals surface area contributed by atoms with Crippen LogP contribution in [0.5, 0.6) is 0 Å². The van der Waals surface area contributed by atoms with Crippen LogP contribution in [-0.4, -0.2) is 22.0 Å². The first-order valence-electron chi connectivity index (χ1n) is 6.28. The number of carbonyl (C=O) groups excluding carboxylic acids is 1. The van der Waals surface area contributed by atoms with E-state index in [0.717, 1.165) is 17.7 Å². The predicted octanol–water partition coefficient (Wildman–Crippen LogP) is 0.701. The van der Waals surface area contributed by atoms with Crippen LogP contribution < -0.4 is 11.1 Å². The van der Waals surface area contributed by atoms with Gasteiger partial charge in [-0.2, -0.15) is 0 Å². The monoisotopic (exact) mass is 258 g/mol. The summed E-state index contributed by atoms with van der Waals surface area (Å²) in [5, 5.41) is 2.89. The van der Waals surface area contributed by atoms with Crippen molar-refractivity contribution in [3.63, 3.8) is 0 Å². The fourth-order valence-electron chi connectivity index (χ4n) is 1.78. The molecule has 100 valence electrons. The summed E-state index contributed by atoms with van der Waals surface area (Å²) < 4.78 is 1.93. The molecule has 19 heavy (non-hydrogen) atoms.